The van der Waals surface area contributed by atoms with Crippen LogP contribution in [0.5, 0.6) is 0 Å². The lowest BCUT2D eigenvalue weighted by Crippen LogP contribution is -2.25. The summed E-state index contributed by atoms with van der Waals surface area (Å²) in [6.07, 6.45) is 6.41. The molecule has 1 aromatic heterocycles. The summed E-state index contributed by atoms with van der Waals surface area (Å²) in [5, 5.41) is 0. The summed E-state index contributed by atoms with van der Waals surface area (Å²) in [6, 6.07) is 0. The molecular weight excluding hydrogens is 252 g/mol. The van der Waals surface area contributed by atoms with Gasteiger partial charge in [-0.2, -0.15) is 0 Å². The fourth-order valence-electron chi connectivity index (χ4n) is 3.21. The molecule has 0 amide bonds. The lowest BCUT2D eigenvalue weighted by atomic mass is 9.94. The smallest absolute Gasteiger partial charge is 0.151 e. The van der Waals surface area contributed by atoms with Gasteiger partial charge in [0, 0.05) is 11.6 Å². The second kappa shape index (κ2) is 5.05. The first-order valence-electron chi connectivity index (χ1n) is 7.41. The monoisotopic (exact) mass is 274 g/mol. The number of allylic oxidation sites excluding steroid dienone is 1. The predicted octanol–water partition coefficient (Wildman–Crippen LogP) is 2.70. The van der Waals surface area contributed by atoms with E-state index in [1.807, 2.05) is 6.33 Å². The highest BCUT2D eigenvalue weighted by Crippen LogP contribution is 2.38. The lowest BCUT2D eigenvalue weighted by molar-refractivity contribution is -0.00101. The summed E-state index contributed by atoms with van der Waals surface area (Å²) in [7, 11) is 0. The second-order valence-electron chi connectivity index (χ2n) is 5.53. The maximum atomic E-state index is 6.10. The van der Waals surface area contributed by atoms with Crippen LogP contribution < -0.4 is 5.73 Å². The largest absolute Gasteiger partial charge is 0.382 e. The van der Waals surface area contributed by atoms with Crippen molar-refractivity contribution in [2.75, 3.05) is 0 Å². The van der Waals surface area contributed by atoms with E-state index in [4.69, 9.17) is 10.5 Å². The van der Waals surface area contributed by atoms with Gasteiger partial charge >= 0.3 is 0 Å². The number of nitrogens with zero attached hydrogens (tertiary/aromatic N) is 3. The Morgan fingerprint density at radius 1 is 1.40 bits per heavy atom. The molecular formula is C15H22N4O. The van der Waals surface area contributed by atoms with Crippen molar-refractivity contribution < 1.29 is 4.74 Å². The van der Waals surface area contributed by atoms with Gasteiger partial charge in [0.2, 0.25) is 0 Å². The van der Waals surface area contributed by atoms with Gasteiger partial charge in [-0.3, -0.25) is 0 Å². The molecule has 0 radical (unpaired) electrons. The van der Waals surface area contributed by atoms with Gasteiger partial charge < -0.3 is 15.0 Å². The maximum absolute atomic E-state index is 6.10. The molecule has 3 atom stereocenters. The Hall–Kier alpha value is -1.62. The zero-order chi connectivity index (χ0) is 14.3. The first-order chi connectivity index (χ1) is 9.65. The Balaban J connectivity index is 1.99. The van der Waals surface area contributed by atoms with Gasteiger partial charge in [0.15, 0.2) is 5.84 Å². The number of aliphatic imine (C=N–C) groups is 1. The van der Waals surface area contributed by atoms with Gasteiger partial charge in [-0.15, -0.1) is 0 Å². The number of rotatable bonds is 3. The van der Waals surface area contributed by atoms with Crippen LogP contribution in [0.2, 0.25) is 0 Å². The third-order valence-corrected chi connectivity index (χ3v) is 4.33. The predicted molar refractivity (Wildman–Crippen MR) is 78.6 cm³/mol. The van der Waals surface area contributed by atoms with Crippen LogP contribution in [-0.4, -0.2) is 21.5 Å². The third-order valence-electron chi connectivity index (χ3n) is 4.33. The van der Waals surface area contributed by atoms with E-state index in [1.54, 1.807) is 0 Å². The van der Waals surface area contributed by atoms with E-state index in [-0.39, 0.29) is 12.1 Å². The fraction of sp³-hybridized carbons (Fsp3) is 0.600. The van der Waals surface area contributed by atoms with Gasteiger partial charge in [0.25, 0.3) is 0 Å². The molecule has 1 aromatic rings. The number of amidine groups is 1. The van der Waals surface area contributed by atoms with Gasteiger partial charge in [-0.1, -0.05) is 20.4 Å². The zero-order valence-corrected chi connectivity index (χ0v) is 12.2. The van der Waals surface area contributed by atoms with Crippen molar-refractivity contribution in [3.05, 3.63) is 30.0 Å². The minimum Gasteiger partial charge on any atom is -0.382 e. The van der Waals surface area contributed by atoms with Crippen molar-refractivity contribution in [1.29, 1.82) is 0 Å². The van der Waals surface area contributed by atoms with Gasteiger partial charge in [0.05, 0.1) is 18.1 Å². The third kappa shape index (κ3) is 1.97. The number of ether oxygens (including phenoxy) is 1. The average Bonchev–Trinajstić information content (AvgIpc) is 3.04. The van der Waals surface area contributed by atoms with Crippen LogP contribution in [0, 0.1) is 0 Å². The summed E-state index contributed by atoms with van der Waals surface area (Å²) < 4.78 is 8.24. The van der Waals surface area contributed by atoms with Crippen molar-refractivity contribution in [2.24, 2.45) is 10.7 Å². The zero-order valence-electron chi connectivity index (χ0n) is 12.2. The van der Waals surface area contributed by atoms with E-state index in [0.29, 0.717) is 11.9 Å². The van der Waals surface area contributed by atoms with Gasteiger partial charge in [0.1, 0.15) is 11.9 Å². The Morgan fingerprint density at radius 3 is 2.85 bits per heavy atom. The van der Waals surface area contributed by atoms with E-state index >= 15 is 0 Å². The quantitative estimate of drug-likeness (QED) is 0.921. The highest BCUT2D eigenvalue weighted by atomic mass is 16.5. The maximum Gasteiger partial charge on any atom is 0.151 e. The number of imidazole rings is 1. The minimum absolute atomic E-state index is 0.0731. The standard InChI is InChI=1S/C15H22N4O/c1-4-10-6-7-12(20-10)19-8-17-13-14(19)11(5-2)9(3)18-15(13)16/h8,10-12H,3-7H2,1-2H3,(H2,16,18)/t10-,11?,12-/m1/s1. The average molecular weight is 274 g/mol. The number of nitrogens with two attached hydrogens (primary N) is 1. The summed E-state index contributed by atoms with van der Waals surface area (Å²) >= 11 is 0. The molecule has 5 heteroatoms. The van der Waals surface area contributed by atoms with Crippen LogP contribution in [0.25, 0.3) is 0 Å². The minimum atomic E-state index is 0.0731. The molecule has 0 spiro atoms. The Labute approximate surface area is 119 Å². The molecule has 5 nitrogen and oxygen atoms in total. The number of hydrogen-bond donors (Lipinski definition) is 1. The van der Waals surface area contributed by atoms with Crippen molar-refractivity contribution in [2.45, 2.75) is 57.8 Å². The van der Waals surface area contributed by atoms with Crippen molar-refractivity contribution in [3.8, 4) is 0 Å². The van der Waals surface area contributed by atoms with E-state index in [0.717, 1.165) is 42.8 Å². The molecule has 2 N–H and O–H groups in total. The normalized spacial score (nSPS) is 29.4. The molecule has 0 aromatic carbocycles. The molecule has 0 saturated carbocycles. The molecule has 0 bridgehead atoms. The molecule has 1 fully saturated rings. The number of aromatic nitrogens is 2. The van der Waals surface area contributed by atoms with E-state index in [9.17, 15) is 0 Å². The SMILES string of the molecule is C=C1N=C(N)c2ncn([C@H]3CC[C@@H](CC)O3)c2C1CC. The topological polar surface area (TPSA) is 65.4 Å². The first-order valence-corrected chi connectivity index (χ1v) is 7.41. The van der Waals surface area contributed by atoms with Crippen LogP contribution in [0.4, 0.5) is 0 Å². The van der Waals surface area contributed by atoms with E-state index < -0.39 is 0 Å². The van der Waals surface area contributed by atoms with Gasteiger partial charge in [-0.05, 0) is 25.7 Å². The molecule has 1 unspecified atom stereocenters. The van der Waals surface area contributed by atoms with Crippen LogP contribution in [0.1, 0.15) is 63.1 Å². The Kier molecular flexibility index (Phi) is 3.38. The molecule has 2 aliphatic rings. The van der Waals surface area contributed by atoms with Crippen LogP contribution >= 0.6 is 0 Å². The van der Waals surface area contributed by atoms with E-state index in [1.165, 1.54) is 0 Å². The molecule has 3 rings (SSSR count). The van der Waals surface area contributed by atoms with Crippen molar-refractivity contribution >= 4 is 5.84 Å². The van der Waals surface area contributed by atoms with Crippen LogP contribution in [0.15, 0.2) is 23.6 Å². The molecule has 1 saturated heterocycles. The molecule has 3 heterocycles. The Morgan fingerprint density at radius 2 is 2.20 bits per heavy atom. The number of hydrogen-bond acceptors (Lipinski definition) is 4. The second-order valence-corrected chi connectivity index (χ2v) is 5.53. The summed E-state index contributed by atoms with van der Waals surface area (Å²) in [4.78, 5) is 8.78. The summed E-state index contributed by atoms with van der Waals surface area (Å²) in [5.74, 6) is 0.655. The highest BCUT2D eigenvalue weighted by Gasteiger charge is 2.33. The Bertz CT molecular complexity index is 560. The van der Waals surface area contributed by atoms with Gasteiger partial charge in [-0.25, -0.2) is 9.98 Å². The molecule has 2 aliphatic heterocycles. The first kappa shape index (κ1) is 13.4. The van der Waals surface area contributed by atoms with Crippen molar-refractivity contribution in [3.63, 3.8) is 0 Å². The fourth-order valence-corrected chi connectivity index (χ4v) is 3.21. The van der Waals surface area contributed by atoms with E-state index in [2.05, 4.69) is 35.0 Å². The summed E-state index contributed by atoms with van der Waals surface area (Å²) in [5.41, 5.74) is 8.73. The molecule has 20 heavy (non-hydrogen) atoms. The summed E-state index contributed by atoms with van der Waals surface area (Å²) in [6.45, 7) is 8.35. The van der Waals surface area contributed by atoms with Crippen molar-refractivity contribution in [1.82, 2.24) is 9.55 Å². The molecule has 108 valence electrons. The molecule has 0 aliphatic carbocycles. The van der Waals surface area contributed by atoms with Crippen LogP contribution in [0.3, 0.4) is 0 Å². The lowest BCUT2D eigenvalue weighted by Gasteiger charge is -2.25. The number of fused-ring (bicyclic) bond motifs is 1. The van der Waals surface area contributed by atoms with Crippen LogP contribution in [-0.2, 0) is 4.74 Å². The highest BCUT2D eigenvalue weighted by molar-refractivity contribution is 5.99.